The zero-order chi connectivity index (χ0) is 38.2. The molecular formula is C54H34N2S2. The summed E-state index contributed by atoms with van der Waals surface area (Å²) < 4.78 is 5.44. The van der Waals surface area contributed by atoms with Gasteiger partial charge < -0.3 is 9.97 Å². The van der Waals surface area contributed by atoms with E-state index in [1.54, 1.807) is 0 Å². The van der Waals surface area contributed by atoms with Crippen LogP contribution in [0.4, 0.5) is 0 Å². The summed E-state index contributed by atoms with van der Waals surface area (Å²) in [4.78, 5) is 7.33. The monoisotopic (exact) mass is 774 g/mol. The third-order valence-electron chi connectivity index (χ3n) is 11.6. The number of fused-ring (bicyclic) bond motifs is 7. The van der Waals surface area contributed by atoms with E-state index in [4.69, 9.17) is 0 Å². The summed E-state index contributed by atoms with van der Waals surface area (Å²) in [5.41, 5.74) is 16.8. The normalized spacial score (nSPS) is 11.8. The van der Waals surface area contributed by atoms with Gasteiger partial charge in [-0.2, -0.15) is 0 Å². The van der Waals surface area contributed by atoms with E-state index >= 15 is 0 Å². The molecule has 0 aliphatic heterocycles. The standard InChI is InChI=1S/C54H34N2S2/c1-3-7-33(8-4-1)39-19-21-43-29-47(55-49(43)27-39)37-15-11-35(12-16-37)41-23-25-45-51(31-41)57-54-46-26-24-42(32-52(46)58-53(45)54)36-13-17-38(18-14-36)48-30-44-22-20-40(28-50(44)56-48)34-9-5-2-6-10-34/h1-32,55-56H. The molecule has 0 saturated carbocycles. The maximum Gasteiger partial charge on any atom is 0.0542 e. The van der Waals surface area contributed by atoms with E-state index in [-0.39, 0.29) is 0 Å². The lowest BCUT2D eigenvalue weighted by molar-refractivity contribution is 1.45. The Morgan fingerprint density at radius 1 is 0.276 bits per heavy atom. The van der Waals surface area contributed by atoms with Crippen LogP contribution in [0.25, 0.3) is 118 Å². The van der Waals surface area contributed by atoms with E-state index in [0.29, 0.717) is 0 Å². The van der Waals surface area contributed by atoms with Crippen LogP contribution < -0.4 is 0 Å². The number of H-pyrrole nitrogens is 2. The molecule has 0 saturated heterocycles. The molecule has 4 heteroatoms. The number of rotatable bonds is 6. The summed E-state index contributed by atoms with van der Waals surface area (Å²) in [5.74, 6) is 0. The summed E-state index contributed by atoms with van der Waals surface area (Å²) in [6, 6.07) is 70.8. The molecule has 0 amide bonds. The number of thiophene rings is 2. The molecule has 0 radical (unpaired) electrons. The van der Waals surface area contributed by atoms with Crippen LogP contribution >= 0.6 is 22.7 Å². The summed E-state index contributed by atoms with van der Waals surface area (Å²) in [6.07, 6.45) is 0. The Bertz CT molecular complexity index is 3240. The highest BCUT2D eigenvalue weighted by Crippen LogP contribution is 2.46. The fourth-order valence-electron chi connectivity index (χ4n) is 8.48. The van der Waals surface area contributed by atoms with Crippen LogP contribution in [0, 0.1) is 0 Å². The van der Waals surface area contributed by atoms with Gasteiger partial charge in [-0.3, -0.25) is 0 Å². The van der Waals surface area contributed by atoms with Gasteiger partial charge in [-0.05, 0) is 92.0 Å². The molecule has 272 valence electrons. The number of hydrogen-bond acceptors (Lipinski definition) is 2. The van der Waals surface area contributed by atoms with E-state index in [1.807, 2.05) is 22.7 Å². The largest absolute Gasteiger partial charge is 0.355 e. The Morgan fingerprint density at radius 2 is 0.621 bits per heavy atom. The second kappa shape index (κ2) is 13.3. The fourth-order valence-corrected chi connectivity index (χ4v) is 11.2. The van der Waals surface area contributed by atoms with Gasteiger partial charge >= 0.3 is 0 Å². The number of aromatic amines is 2. The smallest absolute Gasteiger partial charge is 0.0542 e. The van der Waals surface area contributed by atoms with E-state index in [9.17, 15) is 0 Å². The molecule has 58 heavy (non-hydrogen) atoms. The zero-order valence-corrected chi connectivity index (χ0v) is 32.9. The average molecular weight is 775 g/mol. The zero-order valence-electron chi connectivity index (χ0n) is 31.3. The fraction of sp³-hybridized carbons (Fsp3) is 0. The Balaban J connectivity index is 0.792. The molecule has 0 fully saturated rings. The van der Waals surface area contributed by atoms with Crippen LogP contribution in [-0.4, -0.2) is 9.97 Å². The number of aromatic nitrogens is 2. The predicted octanol–water partition coefficient (Wildman–Crippen LogP) is 16.2. The molecular weight excluding hydrogens is 741 g/mol. The second-order valence-electron chi connectivity index (χ2n) is 15.1. The first-order chi connectivity index (χ1) is 28.7. The van der Waals surface area contributed by atoms with E-state index < -0.39 is 0 Å². The summed E-state index contributed by atoms with van der Waals surface area (Å²) >= 11 is 3.83. The van der Waals surface area contributed by atoms with Gasteiger partial charge in [-0.15, -0.1) is 22.7 Å². The van der Waals surface area contributed by atoms with Crippen LogP contribution in [-0.2, 0) is 0 Å². The van der Waals surface area contributed by atoms with Crippen molar-refractivity contribution in [1.82, 2.24) is 9.97 Å². The highest BCUT2D eigenvalue weighted by molar-refractivity contribution is 7.36. The molecule has 12 rings (SSSR count). The lowest BCUT2D eigenvalue weighted by Gasteiger charge is -2.05. The lowest BCUT2D eigenvalue weighted by atomic mass is 10.0. The quantitative estimate of drug-likeness (QED) is 0.169. The molecule has 0 atom stereocenters. The highest BCUT2D eigenvalue weighted by atomic mass is 32.1. The van der Waals surface area contributed by atoms with E-state index in [1.165, 1.54) is 96.0 Å². The molecule has 0 unspecified atom stereocenters. The Morgan fingerprint density at radius 3 is 1.05 bits per heavy atom. The molecule has 4 heterocycles. The number of benzene rings is 8. The summed E-state index contributed by atoms with van der Waals surface area (Å²) in [6.45, 7) is 0. The lowest BCUT2D eigenvalue weighted by Crippen LogP contribution is -1.81. The van der Waals surface area contributed by atoms with Gasteiger partial charge in [0.2, 0.25) is 0 Å². The van der Waals surface area contributed by atoms with Crippen LogP contribution in [0.3, 0.4) is 0 Å². The topological polar surface area (TPSA) is 31.6 Å². The minimum atomic E-state index is 1.14. The van der Waals surface area contributed by atoms with Crippen LogP contribution in [0.1, 0.15) is 0 Å². The Hall–Kier alpha value is -6.98. The van der Waals surface area contributed by atoms with Gasteiger partial charge in [0.25, 0.3) is 0 Å². The predicted molar refractivity (Wildman–Crippen MR) is 251 cm³/mol. The Labute approximate surface area is 343 Å². The highest BCUT2D eigenvalue weighted by Gasteiger charge is 2.15. The maximum absolute atomic E-state index is 3.66. The van der Waals surface area contributed by atoms with Crippen molar-refractivity contribution in [2.24, 2.45) is 0 Å². The van der Waals surface area contributed by atoms with Crippen molar-refractivity contribution < 1.29 is 0 Å². The van der Waals surface area contributed by atoms with Crippen molar-refractivity contribution in [1.29, 1.82) is 0 Å². The van der Waals surface area contributed by atoms with E-state index in [2.05, 4.69) is 204 Å². The van der Waals surface area contributed by atoms with Crippen molar-refractivity contribution in [3.63, 3.8) is 0 Å². The third kappa shape index (κ3) is 5.68. The van der Waals surface area contributed by atoms with Gasteiger partial charge in [0.1, 0.15) is 0 Å². The molecule has 0 spiro atoms. The van der Waals surface area contributed by atoms with Crippen molar-refractivity contribution in [3.05, 3.63) is 194 Å². The summed E-state index contributed by atoms with van der Waals surface area (Å²) in [7, 11) is 0. The van der Waals surface area contributed by atoms with E-state index in [0.717, 1.165) is 22.4 Å². The first kappa shape index (κ1) is 33.2. The minimum absolute atomic E-state index is 1.14. The molecule has 0 bridgehead atoms. The molecule has 2 nitrogen and oxygen atoms in total. The first-order valence-corrected chi connectivity index (χ1v) is 21.3. The van der Waals surface area contributed by atoms with Crippen molar-refractivity contribution in [2.75, 3.05) is 0 Å². The molecule has 2 N–H and O–H groups in total. The maximum atomic E-state index is 3.66. The van der Waals surface area contributed by atoms with Crippen molar-refractivity contribution >= 4 is 74.1 Å². The van der Waals surface area contributed by atoms with Crippen LogP contribution in [0.15, 0.2) is 194 Å². The van der Waals surface area contributed by atoms with Gasteiger partial charge in [-0.25, -0.2) is 0 Å². The minimum Gasteiger partial charge on any atom is -0.355 e. The SMILES string of the molecule is c1ccc(-c2ccc3cc(-c4ccc(-c5ccc6c(c5)sc5c7ccc(-c8ccc(-c9cc%10ccc(-c%11ccccc%11)cc%10[nH]9)cc8)cc7sc65)cc4)[nH]c3c2)cc1. The van der Waals surface area contributed by atoms with Gasteiger partial charge in [0, 0.05) is 53.4 Å². The Kier molecular flexibility index (Phi) is 7.62. The van der Waals surface area contributed by atoms with Gasteiger partial charge in [-0.1, -0.05) is 158 Å². The number of nitrogens with one attached hydrogen (secondary N) is 2. The summed E-state index contributed by atoms with van der Waals surface area (Å²) in [5, 5.41) is 5.13. The second-order valence-corrected chi connectivity index (χ2v) is 17.2. The molecule has 8 aromatic carbocycles. The van der Waals surface area contributed by atoms with Crippen molar-refractivity contribution in [2.45, 2.75) is 0 Å². The van der Waals surface area contributed by atoms with Crippen LogP contribution in [0.5, 0.6) is 0 Å². The van der Waals surface area contributed by atoms with Gasteiger partial charge in [0.05, 0.1) is 9.40 Å². The first-order valence-electron chi connectivity index (χ1n) is 19.6. The van der Waals surface area contributed by atoms with Crippen LogP contribution in [0.2, 0.25) is 0 Å². The molecule has 0 aliphatic carbocycles. The van der Waals surface area contributed by atoms with Gasteiger partial charge in [0.15, 0.2) is 0 Å². The molecule has 4 aromatic heterocycles. The molecule has 12 aromatic rings. The third-order valence-corrected chi connectivity index (χ3v) is 14.1. The average Bonchev–Trinajstić information content (AvgIpc) is 4.08. The molecule has 0 aliphatic rings. The number of hydrogen-bond donors (Lipinski definition) is 2. The van der Waals surface area contributed by atoms with Crippen molar-refractivity contribution in [3.8, 4) is 67.0 Å².